The van der Waals surface area contributed by atoms with Gasteiger partial charge < -0.3 is 4.98 Å². The van der Waals surface area contributed by atoms with Gasteiger partial charge in [-0.1, -0.05) is 15.9 Å². The number of nitrogens with one attached hydrogen (secondary N) is 1. The van der Waals surface area contributed by atoms with E-state index in [1.807, 2.05) is 6.07 Å². The van der Waals surface area contributed by atoms with Crippen molar-refractivity contribution in [3.05, 3.63) is 37.3 Å². The number of H-pyrrole nitrogens is 1. The van der Waals surface area contributed by atoms with Gasteiger partial charge in [0.15, 0.2) is 0 Å². The van der Waals surface area contributed by atoms with E-state index in [2.05, 4.69) is 27.0 Å². The first kappa shape index (κ1) is 12.5. The molecule has 5 nitrogen and oxygen atoms in total. The SMILES string of the molecule is N#CCC1Cn2c(=O)c(=O)[nH]c3cc(Br)cc(c32)S1. The van der Waals surface area contributed by atoms with Gasteiger partial charge in [0.1, 0.15) is 0 Å². The molecule has 96 valence electrons. The highest BCUT2D eigenvalue weighted by molar-refractivity contribution is 9.10. The molecule has 0 saturated carbocycles. The minimum atomic E-state index is -0.626. The molecule has 0 fully saturated rings. The monoisotopic (exact) mass is 337 g/mol. The maximum atomic E-state index is 11.9. The maximum Gasteiger partial charge on any atom is 0.316 e. The Balaban J connectivity index is 2.36. The molecule has 2 aromatic rings. The van der Waals surface area contributed by atoms with Gasteiger partial charge in [-0.2, -0.15) is 5.26 Å². The molecule has 1 N–H and O–H groups in total. The molecule has 1 atom stereocenters. The summed E-state index contributed by atoms with van der Waals surface area (Å²) in [5.74, 6) is 0. The zero-order chi connectivity index (χ0) is 13.6. The van der Waals surface area contributed by atoms with Crippen LogP contribution in [0.2, 0.25) is 0 Å². The van der Waals surface area contributed by atoms with Gasteiger partial charge >= 0.3 is 11.1 Å². The number of nitriles is 1. The molecule has 0 aliphatic carbocycles. The summed E-state index contributed by atoms with van der Waals surface area (Å²) in [6.07, 6.45) is 0.345. The lowest BCUT2D eigenvalue weighted by atomic mass is 10.2. The molecule has 1 aliphatic heterocycles. The lowest BCUT2D eigenvalue weighted by Crippen LogP contribution is -2.39. The van der Waals surface area contributed by atoms with Crippen molar-refractivity contribution in [2.75, 3.05) is 0 Å². The molecule has 1 aromatic carbocycles. The van der Waals surface area contributed by atoms with Gasteiger partial charge in [-0.25, -0.2) is 0 Å². The number of hydrogen-bond acceptors (Lipinski definition) is 4. The van der Waals surface area contributed by atoms with Crippen LogP contribution in [0, 0.1) is 11.3 Å². The predicted octanol–water partition coefficient (Wildman–Crippen LogP) is 1.84. The van der Waals surface area contributed by atoms with Crippen LogP contribution in [0.5, 0.6) is 0 Å². The van der Waals surface area contributed by atoms with E-state index in [4.69, 9.17) is 5.26 Å². The quantitative estimate of drug-likeness (QED) is 0.805. The number of aromatic nitrogens is 2. The maximum absolute atomic E-state index is 11.9. The molecule has 1 aliphatic rings. The van der Waals surface area contributed by atoms with Crippen molar-refractivity contribution in [1.29, 1.82) is 5.26 Å². The minimum Gasteiger partial charge on any atom is -0.316 e. The Morgan fingerprint density at radius 2 is 2.32 bits per heavy atom. The molecule has 19 heavy (non-hydrogen) atoms. The molecule has 0 spiro atoms. The third-order valence-electron chi connectivity index (χ3n) is 3.00. The average molecular weight is 338 g/mol. The van der Waals surface area contributed by atoms with Crippen LogP contribution >= 0.6 is 27.7 Å². The predicted molar refractivity (Wildman–Crippen MR) is 76.4 cm³/mol. The Hall–Kier alpha value is -1.52. The molecule has 3 rings (SSSR count). The summed E-state index contributed by atoms with van der Waals surface area (Å²) in [5, 5.41) is 8.81. The summed E-state index contributed by atoms with van der Waals surface area (Å²) < 4.78 is 2.31. The molecule has 0 amide bonds. The van der Waals surface area contributed by atoms with Crippen molar-refractivity contribution in [3.8, 4) is 6.07 Å². The summed E-state index contributed by atoms with van der Waals surface area (Å²) >= 11 is 4.96. The molecule has 2 heterocycles. The van der Waals surface area contributed by atoms with Crippen LogP contribution in [0.1, 0.15) is 6.42 Å². The van der Waals surface area contributed by atoms with Crippen molar-refractivity contribution in [2.24, 2.45) is 0 Å². The standard InChI is InChI=1S/C12H8BrN3O2S/c13-6-3-8-10-9(4-6)19-7(1-2-14)5-16(10)12(18)11(17)15-8/h3-4,7H,1,5H2,(H,15,17). The second-order valence-electron chi connectivity index (χ2n) is 4.27. The Morgan fingerprint density at radius 1 is 1.53 bits per heavy atom. The number of thioether (sulfide) groups is 1. The topological polar surface area (TPSA) is 78.7 Å². The van der Waals surface area contributed by atoms with Crippen LogP contribution in [-0.4, -0.2) is 14.8 Å². The van der Waals surface area contributed by atoms with Crippen molar-refractivity contribution in [3.63, 3.8) is 0 Å². The highest BCUT2D eigenvalue weighted by Crippen LogP contribution is 2.37. The Morgan fingerprint density at radius 3 is 3.05 bits per heavy atom. The van der Waals surface area contributed by atoms with Gasteiger partial charge in [-0.3, -0.25) is 14.2 Å². The van der Waals surface area contributed by atoms with Crippen LogP contribution in [0.25, 0.3) is 11.0 Å². The van der Waals surface area contributed by atoms with Crippen molar-refractivity contribution in [1.82, 2.24) is 9.55 Å². The highest BCUT2D eigenvalue weighted by Gasteiger charge is 2.23. The molecular formula is C12H8BrN3O2S. The van der Waals surface area contributed by atoms with Crippen molar-refractivity contribution < 1.29 is 0 Å². The lowest BCUT2D eigenvalue weighted by Gasteiger charge is -2.24. The molecule has 1 unspecified atom stereocenters. The first-order chi connectivity index (χ1) is 9.10. The molecule has 0 bridgehead atoms. The van der Waals surface area contributed by atoms with E-state index >= 15 is 0 Å². The van der Waals surface area contributed by atoms with E-state index in [0.29, 0.717) is 18.5 Å². The van der Waals surface area contributed by atoms with Gasteiger partial charge in [0.25, 0.3) is 0 Å². The summed E-state index contributed by atoms with van der Waals surface area (Å²) in [6.45, 7) is 0.395. The summed E-state index contributed by atoms with van der Waals surface area (Å²) in [6, 6.07) is 5.80. The molecule has 7 heteroatoms. The second-order valence-corrected chi connectivity index (χ2v) is 6.53. The zero-order valence-corrected chi connectivity index (χ0v) is 12.0. The fourth-order valence-electron chi connectivity index (χ4n) is 2.24. The Labute approximate surface area is 120 Å². The zero-order valence-electron chi connectivity index (χ0n) is 9.64. The van der Waals surface area contributed by atoms with Crippen LogP contribution < -0.4 is 11.1 Å². The van der Waals surface area contributed by atoms with Crippen molar-refractivity contribution in [2.45, 2.75) is 23.1 Å². The normalized spacial score (nSPS) is 17.4. The lowest BCUT2D eigenvalue weighted by molar-refractivity contribution is 0.646. The van der Waals surface area contributed by atoms with Gasteiger partial charge in [-0.05, 0) is 12.1 Å². The van der Waals surface area contributed by atoms with E-state index in [1.165, 1.54) is 4.57 Å². The Bertz CT molecular complexity index is 834. The van der Waals surface area contributed by atoms with Crippen molar-refractivity contribution >= 4 is 38.7 Å². The van der Waals surface area contributed by atoms with E-state index in [0.717, 1.165) is 14.9 Å². The van der Waals surface area contributed by atoms with E-state index < -0.39 is 11.1 Å². The van der Waals surface area contributed by atoms with Gasteiger partial charge in [-0.15, -0.1) is 11.8 Å². The molecule has 1 aromatic heterocycles. The number of benzene rings is 1. The van der Waals surface area contributed by atoms with Crippen LogP contribution in [-0.2, 0) is 6.54 Å². The summed E-state index contributed by atoms with van der Waals surface area (Å²) in [7, 11) is 0. The number of nitrogens with zero attached hydrogens (tertiary/aromatic N) is 2. The third-order valence-corrected chi connectivity index (χ3v) is 4.67. The minimum absolute atomic E-state index is 0.00509. The van der Waals surface area contributed by atoms with Crippen LogP contribution in [0.4, 0.5) is 0 Å². The van der Waals surface area contributed by atoms with Gasteiger partial charge in [0, 0.05) is 27.6 Å². The Kier molecular flexibility index (Phi) is 2.99. The number of hydrogen-bond donors (Lipinski definition) is 1. The highest BCUT2D eigenvalue weighted by atomic mass is 79.9. The largest absolute Gasteiger partial charge is 0.316 e. The molecular weight excluding hydrogens is 330 g/mol. The number of aromatic amines is 1. The van der Waals surface area contributed by atoms with E-state index in [-0.39, 0.29) is 5.25 Å². The van der Waals surface area contributed by atoms with E-state index in [9.17, 15) is 9.59 Å². The van der Waals surface area contributed by atoms with Crippen LogP contribution in [0.15, 0.2) is 31.1 Å². The number of halogens is 1. The summed E-state index contributed by atoms with van der Waals surface area (Å²) in [4.78, 5) is 27.1. The first-order valence-corrected chi connectivity index (χ1v) is 7.27. The fraction of sp³-hybridized carbons (Fsp3) is 0.250. The van der Waals surface area contributed by atoms with E-state index in [1.54, 1.807) is 17.8 Å². The van der Waals surface area contributed by atoms with Gasteiger partial charge in [0.05, 0.1) is 17.1 Å². The molecule has 0 saturated heterocycles. The smallest absolute Gasteiger partial charge is 0.316 e. The first-order valence-electron chi connectivity index (χ1n) is 5.60. The number of rotatable bonds is 1. The second kappa shape index (κ2) is 4.54. The van der Waals surface area contributed by atoms with Gasteiger partial charge in [0.2, 0.25) is 0 Å². The summed E-state index contributed by atoms with van der Waals surface area (Å²) in [5.41, 5.74) is 0.197. The fourth-order valence-corrected chi connectivity index (χ4v) is 4.12. The third kappa shape index (κ3) is 2.01. The van der Waals surface area contributed by atoms with Crippen LogP contribution in [0.3, 0.4) is 0 Å². The molecule has 0 radical (unpaired) electrons. The average Bonchev–Trinajstić information content (AvgIpc) is 2.35.